The molecule has 5 N–H and O–H groups in total. The second-order valence-corrected chi connectivity index (χ2v) is 5.26. The maximum Gasteiger partial charge on any atom is 0.288 e. The molecule has 0 fully saturated rings. The third-order valence-corrected chi connectivity index (χ3v) is 3.45. The first-order chi connectivity index (χ1) is 12.6. The van der Waals surface area contributed by atoms with Crippen LogP contribution < -0.4 is 21.9 Å². The summed E-state index contributed by atoms with van der Waals surface area (Å²) in [6.07, 6.45) is 2.82. The fourth-order valence-corrected chi connectivity index (χ4v) is 2.10. The van der Waals surface area contributed by atoms with Gasteiger partial charge in [0.15, 0.2) is 11.6 Å². The highest BCUT2D eigenvalue weighted by atomic mass is 19.1. The van der Waals surface area contributed by atoms with Crippen molar-refractivity contribution in [2.24, 2.45) is 0 Å². The van der Waals surface area contributed by atoms with Crippen LogP contribution in [0.5, 0.6) is 0 Å². The molecule has 0 atom stereocenters. The summed E-state index contributed by atoms with van der Waals surface area (Å²) in [6, 6.07) is 11.1. The average molecular weight is 353 g/mol. The number of nitrogens with zero attached hydrogens (tertiary/aromatic N) is 3. The number of hydrogen-bond acceptors (Lipinski definition) is 7. The Morgan fingerprint density at radius 2 is 1.81 bits per heavy atom. The molecule has 0 aliphatic heterocycles. The number of hydrazine groups is 1. The van der Waals surface area contributed by atoms with Crippen LogP contribution in [0.2, 0.25) is 0 Å². The Morgan fingerprint density at radius 3 is 2.54 bits per heavy atom. The predicted octanol–water partition coefficient (Wildman–Crippen LogP) is 1.96. The van der Waals surface area contributed by atoms with Gasteiger partial charge in [0.1, 0.15) is 23.5 Å². The van der Waals surface area contributed by atoms with Crippen molar-refractivity contribution in [3.8, 4) is 0 Å². The number of nitrogen functional groups attached to an aromatic ring is 1. The lowest BCUT2D eigenvalue weighted by molar-refractivity contribution is 0.0957. The van der Waals surface area contributed by atoms with Gasteiger partial charge in [-0.25, -0.2) is 14.4 Å². The Kier molecular flexibility index (Phi) is 5.18. The molecule has 26 heavy (non-hydrogen) atoms. The minimum absolute atomic E-state index is 0.232. The van der Waals surface area contributed by atoms with E-state index in [-0.39, 0.29) is 23.0 Å². The Labute approximate surface area is 148 Å². The molecule has 0 aliphatic rings. The zero-order valence-electron chi connectivity index (χ0n) is 13.6. The number of hydrogen-bond donors (Lipinski definition) is 4. The second kappa shape index (κ2) is 7.88. The largest absolute Gasteiger partial charge is 0.393 e. The molecule has 0 saturated carbocycles. The number of carbonyl (C=O) groups is 1. The summed E-state index contributed by atoms with van der Waals surface area (Å²) in [5.41, 5.74) is 12.5. The first-order valence-corrected chi connectivity index (χ1v) is 7.69. The second-order valence-electron chi connectivity index (χ2n) is 5.26. The highest BCUT2D eigenvalue weighted by molar-refractivity contribution is 5.93. The standard InChI is InChI=1S/C17H16FN7O/c18-12-6-4-11(5-7-12)9-21-15-14(19)16(23-10-22-15)24-25-17(26)13-3-1-2-8-20-13/h1-8,10H,9,19H2,(H,25,26)(H2,21,22,23,24). The number of benzene rings is 1. The fraction of sp³-hybridized carbons (Fsp3) is 0.0588. The van der Waals surface area contributed by atoms with Gasteiger partial charge in [-0.3, -0.25) is 20.6 Å². The highest BCUT2D eigenvalue weighted by Crippen LogP contribution is 2.22. The van der Waals surface area contributed by atoms with Crippen LogP contribution in [-0.2, 0) is 6.54 Å². The average Bonchev–Trinajstić information content (AvgIpc) is 2.68. The Hall–Kier alpha value is -3.75. The van der Waals surface area contributed by atoms with Crippen LogP contribution in [0.15, 0.2) is 55.0 Å². The first-order valence-electron chi connectivity index (χ1n) is 7.69. The molecular weight excluding hydrogens is 337 g/mol. The summed E-state index contributed by atoms with van der Waals surface area (Å²) in [7, 11) is 0. The van der Waals surface area contributed by atoms with E-state index >= 15 is 0 Å². The summed E-state index contributed by atoms with van der Waals surface area (Å²) in [6.45, 7) is 0.404. The number of carbonyl (C=O) groups excluding carboxylic acids is 1. The lowest BCUT2D eigenvalue weighted by atomic mass is 10.2. The van der Waals surface area contributed by atoms with Gasteiger partial charge in [0.05, 0.1) is 0 Å². The number of anilines is 3. The third kappa shape index (κ3) is 4.20. The van der Waals surface area contributed by atoms with Gasteiger partial charge >= 0.3 is 0 Å². The minimum Gasteiger partial charge on any atom is -0.393 e. The van der Waals surface area contributed by atoms with Crippen LogP contribution in [0.25, 0.3) is 0 Å². The molecule has 132 valence electrons. The van der Waals surface area contributed by atoms with E-state index in [1.165, 1.54) is 24.7 Å². The molecule has 1 aromatic carbocycles. The van der Waals surface area contributed by atoms with Gasteiger partial charge in [-0.2, -0.15) is 0 Å². The van der Waals surface area contributed by atoms with Gasteiger partial charge in [-0.15, -0.1) is 0 Å². The van der Waals surface area contributed by atoms with E-state index in [0.29, 0.717) is 12.4 Å². The van der Waals surface area contributed by atoms with Crippen LogP contribution in [0.4, 0.5) is 21.7 Å². The van der Waals surface area contributed by atoms with Crippen LogP contribution >= 0.6 is 0 Å². The van der Waals surface area contributed by atoms with Crippen molar-refractivity contribution < 1.29 is 9.18 Å². The molecule has 8 nitrogen and oxygen atoms in total. The Balaban J connectivity index is 1.63. The summed E-state index contributed by atoms with van der Waals surface area (Å²) < 4.78 is 12.9. The monoisotopic (exact) mass is 353 g/mol. The molecule has 3 rings (SSSR count). The smallest absolute Gasteiger partial charge is 0.288 e. The first kappa shape index (κ1) is 17.1. The number of nitrogens with two attached hydrogens (primary N) is 1. The number of nitrogens with one attached hydrogen (secondary N) is 3. The summed E-state index contributed by atoms with van der Waals surface area (Å²) in [4.78, 5) is 24.0. The fourth-order valence-electron chi connectivity index (χ4n) is 2.10. The topological polar surface area (TPSA) is 118 Å². The van der Waals surface area contributed by atoms with Gasteiger partial charge in [-0.05, 0) is 29.8 Å². The normalized spacial score (nSPS) is 10.2. The highest BCUT2D eigenvalue weighted by Gasteiger charge is 2.10. The quantitative estimate of drug-likeness (QED) is 0.500. The van der Waals surface area contributed by atoms with Crippen LogP contribution in [-0.4, -0.2) is 20.9 Å². The van der Waals surface area contributed by atoms with Crippen LogP contribution in [0, 0.1) is 5.82 Å². The third-order valence-electron chi connectivity index (χ3n) is 3.45. The van der Waals surface area contributed by atoms with Crippen molar-refractivity contribution in [2.45, 2.75) is 6.54 Å². The van der Waals surface area contributed by atoms with E-state index < -0.39 is 5.91 Å². The van der Waals surface area contributed by atoms with Crippen LogP contribution in [0.1, 0.15) is 16.1 Å². The van der Waals surface area contributed by atoms with Crippen LogP contribution in [0.3, 0.4) is 0 Å². The molecule has 0 bridgehead atoms. The zero-order valence-corrected chi connectivity index (χ0v) is 13.6. The molecule has 9 heteroatoms. The Morgan fingerprint density at radius 1 is 1.04 bits per heavy atom. The molecule has 2 aromatic heterocycles. The van der Waals surface area contributed by atoms with Crippen molar-refractivity contribution in [3.63, 3.8) is 0 Å². The minimum atomic E-state index is -0.426. The summed E-state index contributed by atoms with van der Waals surface area (Å²) in [5, 5.41) is 3.04. The van der Waals surface area contributed by atoms with E-state index in [0.717, 1.165) is 5.56 Å². The summed E-state index contributed by atoms with van der Waals surface area (Å²) in [5.74, 6) is -0.0975. The molecule has 0 unspecified atom stereocenters. The van der Waals surface area contributed by atoms with Gasteiger partial charge in [0, 0.05) is 12.7 Å². The van der Waals surface area contributed by atoms with Gasteiger partial charge in [-0.1, -0.05) is 18.2 Å². The molecule has 0 saturated heterocycles. The molecule has 3 aromatic rings. The zero-order chi connectivity index (χ0) is 18.4. The summed E-state index contributed by atoms with van der Waals surface area (Å²) >= 11 is 0. The van der Waals surface area contributed by atoms with Gasteiger partial charge in [0.2, 0.25) is 0 Å². The van der Waals surface area contributed by atoms with E-state index in [1.807, 2.05) is 0 Å². The molecule has 2 heterocycles. The van der Waals surface area contributed by atoms with Crippen molar-refractivity contribution >= 4 is 23.2 Å². The van der Waals surface area contributed by atoms with Crippen molar-refractivity contribution in [1.29, 1.82) is 0 Å². The van der Waals surface area contributed by atoms with Gasteiger partial charge < -0.3 is 11.1 Å². The number of aromatic nitrogens is 3. The van der Waals surface area contributed by atoms with Crippen molar-refractivity contribution in [2.75, 3.05) is 16.5 Å². The maximum atomic E-state index is 12.9. The molecule has 1 amide bonds. The molecule has 0 spiro atoms. The molecule has 0 radical (unpaired) electrons. The lowest BCUT2D eigenvalue weighted by Crippen LogP contribution is -2.31. The Bertz CT molecular complexity index is 887. The number of rotatable bonds is 6. The van der Waals surface area contributed by atoms with E-state index in [1.54, 1.807) is 30.3 Å². The van der Waals surface area contributed by atoms with E-state index in [4.69, 9.17) is 5.73 Å². The number of amides is 1. The number of pyridine rings is 1. The molecular formula is C17H16FN7O. The van der Waals surface area contributed by atoms with Crippen molar-refractivity contribution in [3.05, 3.63) is 72.1 Å². The van der Waals surface area contributed by atoms with E-state index in [2.05, 4.69) is 31.1 Å². The van der Waals surface area contributed by atoms with Crippen molar-refractivity contribution in [1.82, 2.24) is 20.4 Å². The van der Waals surface area contributed by atoms with Gasteiger partial charge in [0.25, 0.3) is 5.91 Å². The molecule has 0 aliphatic carbocycles. The SMILES string of the molecule is Nc1c(NCc2ccc(F)cc2)ncnc1NNC(=O)c1ccccn1. The number of halogens is 1. The maximum absolute atomic E-state index is 12.9. The predicted molar refractivity (Wildman–Crippen MR) is 95.5 cm³/mol. The van der Waals surface area contributed by atoms with E-state index in [9.17, 15) is 9.18 Å². The lowest BCUT2D eigenvalue weighted by Gasteiger charge is -2.13.